The largest absolute Gasteiger partial charge is 0.508 e. The van der Waals surface area contributed by atoms with Crippen molar-refractivity contribution in [1.82, 2.24) is 4.72 Å². The minimum atomic E-state index is -3.71. The highest BCUT2D eigenvalue weighted by atomic mass is 32.2. The minimum Gasteiger partial charge on any atom is -0.508 e. The zero-order chi connectivity index (χ0) is 17.0. The highest BCUT2D eigenvalue weighted by Gasteiger charge is 2.15. The lowest BCUT2D eigenvalue weighted by molar-refractivity contribution is -0.136. The lowest BCUT2D eigenvalue weighted by Gasteiger charge is -2.11. The standard InChI is InChI=1S/C16H17NO5S/c1-11-2-6-15(7-3-11)23(21,22)17-10-13-8-14(18)5-4-12(13)9-16(19)20/h2-8,17-18H,9-10H2,1H3,(H,19,20). The van der Waals surface area contributed by atoms with Gasteiger partial charge in [0.05, 0.1) is 11.3 Å². The van der Waals surface area contributed by atoms with Crippen molar-refractivity contribution < 1.29 is 23.4 Å². The molecule has 0 saturated carbocycles. The molecule has 0 spiro atoms. The fourth-order valence-electron chi connectivity index (χ4n) is 2.09. The Labute approximate surface area is 134 Å². The van der Waals surface area contributed by atoms with Gasteiger partial charge in [0, 0.05) is 6.54 Å². The Morgan fingerprint density at radius 1 is 1.09 bits per heavy atom. The Morgan fingerprint density at radius 3 is 2.35 bits per heavy atom. The summed E-state index contributed by atoms with van der Waals surface area (Å²) in [6, 6.07) is 10.6. The number of aromatic hydroxyl groups is 1. The Kier molecular flexibility index (Phi) is 5.02. The topological polar surface area (TPSA) is 104 Å². The predicted molar refractivity (Wildman–Crippen MR) is 84.7 cm³/mol. The Morgan fingerprint density at radius 2 is 1.74 bits per heavy atom. The van der Waals surface area contributed by atoms with Crippen LogP contribution in [0.5, 0.6) is 5.75 Å². The maximum Gasteiger partial charge on any atom is 0.307 e. The molecule has 3 N–H and O–H groups in total. The second-order valence-electron chi connectivity index (χ2n) is 5.16. The third kappa shape index (κ3) is 4.54. The Hall–Kier alpha value is -2.38. The molecule has 0 bridgehead atoms. The van der Waals surface area contributed by atoms with E-state index in [1.165, 1.54) is 30.3 Å². The summed E-state index contributed by atoms with van der Waals surface area (Å²) < 4.78 is 26.9. The number of benzene rings is 2. The van der Waals surface area contributed by atoms with Crippen molar-refractivity contribution in [2.24, 2.45) is 0 Å². The second-order valence-corrected chi connectivity index (χ2v) is 6.93. The normalized spacial score (nSPS) is 11.3. The highest BCUT2D eigenvalue weighted by Crippen LogP contribution is 2.18. The van der Waals surface area contributed by atoms with Crippen molar-refractivity contribution in [2.45, 2.75) is 24.8 Å². The first-order chi connectivity index (χ1) is 10.8. The van der Waals surface area contributed by atoms with E-state index < -0.39 is 16.0 Å². The summed E-state index contributed by atoms with van der Waals surface area (Å²) in [6.45, 7) is 1.75. The van der Waals surface area contributed by atoms with Gasteiger partial charge < -0.3 is 10.2 Å². The maximum atomic E-state index is 12.2. The molecule has 0 aliphatic heterocycles. The van der Waals surface area contributed by atoms with Crippen molar-refractivity contribution in [3.8, 4) is 5.75 Å². The fraction of sp³-hybridized carbons (Fsp3) is 0.188. The number of carboxylic acids is 1. The average molecular weight is 335 g/mol. The van der Waals surface area contributed by atoms with Gasteiger partial charge in [-0.25, -0.2) is 13.1 Å². The first kappa shape index (κ1) is 17.0. The SMILES string of the molecule is Cc1ccc(S(=O)(=O)NCc2cc(O)ccc2CC(=O)O)cc1. The van der Waals surface area contributed by atoms with Crippen LogP contribution in [0.15, 0.2) is 47.4 Å². The van der Waals surface area contributed by atoms with Gasteiger partial charge in [-0.2, -0.15) is 0 Å². The number of phenolic OH excluding ortho intramolecular Hbond substituents is 1. The lowest BCUT2D eigenvalue weighted by atomic mass is 10.0. The van der Waals surface area contributed by atoms with Gasteiger partial charge in [0.15, 0.2) is 0 Å². The number of sulfonamides is 1. The molecule has 2 rings (SSSR count). The second kappa shape index (κ2) is 6.80. The average Bonchev–Trinajstić information content (AvgIpc) is 2.47. The van der Waals surface area contributed by atoms with E-state index in [0.717, 1.165) is 5.56 Å². The molecular formula is C16H17NO5S. The van der Waals surface area contributed by atoms with E-state index in [9.17, 15) is 18.3 Å². The van der Waals surface area contributed by atoms with Crippen molar-refractivity contribution in [1.29, 1.82) is 0 Å². The van der Waals surface area contributed by atoms with Crippen LogP contribution in [0.2, 0.25) is 0 Å². The molecule has 0 aliphatic rings. The van der Waals surface area contributed by atoms with Crippen LogP contribution >= 0.6 is 0 Å². The number of hydrogen-bond acceptors (Lipinski definition) is 4. The van der Waals surface area contributed by atoms with E-state index in [1.807, 2.05) is 6.92 Å². The molecule has 0 aliphatic carbocycles. The summed E-state index contributed by atoms with van der Waals surface area (Å²) in [6.07, 6.45) is -0.248. The molecule has 6 nitrogen and oxygen atoms in total. The van der Waals surface area contributed by atoms with E-state index in [2.05, 4.69) is 4.72 Å². The summed E-state index contributed by atoms with van der Waals surface area (Å²) >= 11 is 0. The molecule has 0 aromatic heterocycles. The van der Waals surface area contributed by atoms with E-state index in [1.54, 1.807) is 12.1 Å². The van der Waals surface area contributed by atoms with Crippen LogP contribution in [0.4, 0.5) is 0 Å². The van der Waals surface area contributed by atoms with Gasteiger partial charge in [-0.05, 0) is 42.3 Å². The quantitative estimate of drug-likeness (QED) is 0.747. The Balaban J connectivity index is 2.21. The summed E-state index contributed by atoms with van der Waals surface area (Å²) in [5.41, 5.74) is 1.81. The molecule has 0 fully saturated rings. The monoisotopic (exact) mass is 335 g/mol. The third-order valence-electron chi connectivity index (χ3n) is 3.32. The van der Waals surface area contributed by atoms with Gasteiger partial charge in [0.1, 0.15) is 5.75 Å². The first-order valence-electron chi connectivity index (χ1n) is 6.87. The number of phenols is 1. The van der Waals surface area contributed by atoms with Gasteiger partial charge in [-0.15, -0.1) is 0 Å². The molecule has 2 aromatic carbocycles. The Bertz CT molecular complexity index is 813. The van der Waals surface area contributed by atoms with Crippen LogP contribution in [-0.4, -0.2) is 24.6 Å². The molecule has 23 heavy (non-hydrogen) atoms. The van der Waals surface area contributed by atoms with Crippen LogP contribution < -0.4 is 4.72 Å². The summed E-state index contributed by atoms with van der Waals surface area (Å²) in [5, 5.41) is 18.4. The van der Waals surface area contributed by atoms with Gasteiger partial charge in [0.2, 0.25) is 10.0 Å². The van der Waals surface area contributed by atoms with Gasteiger partial charge in [0.25, 0.3) is 0 Å². The number of hydrogen-bond donors (Lipinski definition) is 3. The molecule has 0 amide bonds. The van der Waals surface area contributed by atoms with Crippen molar-refractivity contribution >= 4 is 16.0 Å². The highest BCUT2D eigenvalue weighted by molar-refractivity contribution is 7.89. The molecular weight excluding hydrogens is 318 g/mol. The van der Waals surface area contributed by atoms with Crippen molar-refractivity contribution in [3.05, 3.63) is 59.2 Å². The minimum absolute atomic E-state index is 0.0522. The molecule has 0 atom stereocenters. The molecule has 0 unspecified atom stereocenters. The number of carbonyl (C=O) groups is 1. The molecule has 7 heteroatoms. The summed E-state index contributed by atoms with van der Waals surface area (Å²) in [7, 11) is -3.71. The molecule has 0 saturated heterocycles. The zero-order valence-corrected chi connectivity index (χ0v) is 13.3. The van der Waals surface area contributed by atoms with E-state index in [4.69, 9.17) is 5.11 Å². The van der Waals surface area contributed by atoms with Crippen molar-refractivity contribution in [2.75, 3.05) is 0 Å². The van der Waals surface area contributed by atoms with Crippen LogP contribution in [0.25, 0.3) is 0 Å². The van der Waals surface area contributed by atoms with E-state index >= 15 is 0 Å². The fourth-order valence-corrected chi connectivity index (χ4v) is 3.09. The smallest absolute Gasteiger partial charge is 0.307 e. The first-order valence-corrected chi connectivity index (χ1v) is 8.35. The molecule has 122 valence electrons. The maximum absolute atomic E-state index is 12.2. The number of rotatable bonds is 6. The van der Waals surface area contributed by atoms with Crippen molar-refractivity contribution in [3.63, 3.8) is 0 Å². The third-order valence-corrected chi connectivity index (χ3v) is 4.73. The number of aliphatic carboxylic acids is 1. The van der Waals surface area contributed by atoms with Gasteiger partial charge in [-0.1, -0.05) is 23.8 Å². The van der Waals surface area contributed by atoms with Crippen LogP contribution in [0.3, 0.4) is 0 Å². The number of carboxylic acid groups (broad SMARTS) is 1. The number of aryl methyl sites for hydroxylation is 1. The van der Waals surface area contributed by atoms with Crippen LogP contribution in [0, 0.1) is 6.92 Å². The molecule has 0 heterocycles. The van der Waals surface area contributed by atoms with Gasteiger partial charge in [-0.3, -0.25) is 4.79 Å². The summed E-state index contributed by atoms with van der Waals surface area (Å²) in [4.78, 5) is 11.0. The lowest BCUT2D eigenvalue weighted by Crippen LogP contribution is -2.24. The van der Waals surface area contributed by atoms with Crippen LogP contribution in [-0.2, 0) is 27.8 Å². The van der Waals surface area contributed by atoms with E-state index in [0.29, 0.717) is 11.1 Å². The van der Waals surface area contributed by atoms with Crippen LogP contribution in [0.1, 0.15) is 16.7 Å². The number of nitrogens with one attached hydrogen (secondary N) is 1. The molecule has 2 aromatic rings. The summed E-state index contributed by atoms with van der Waals surface area (Å²) in [5.74, 6) is -1.08. The van der Waals surface area contributed by atoms with E-state index in [-0.39, 0.29) is 23.6 Å². The predicted octanol–water partition coefficient (Wildman–Crippen LogP) is 1.81. The zero-order valence-electron chi connectivity index (χ0n) is 12.5. The molecule has 0 radical (unpaired) electrons. The van der Waals surface area contributed by atoms with Gasteiger partial charge >= 0.3 is 5.97 Å².